The predicted molar refractivity (Wildman–Crippen MR) is 80.2 cm³/mol. The zero-order chi connectivity index (χ0) is 15.2. The van der Waals surface area contributed by atoms with Crippen molar-refractivity contribution in [3.8, 4) is 0 Å². The van der Waals surface area contributed by atoms with Gasteiger partial charge in [0.15, 0.2) is 5.78 Å². The number of esters is 1. The Morgan fingerprint density at radius 2 is 2.00 bits per heavy atom. The summed E-state index contributed by atoms with van der Waals surface area (Å²) in [4.78, 5) is 23.9. The van der Waals surface area contributed by atoms with Gasteiger partial charge < -0.3 is 15.6 Å². The maximum Gasteiger partial charge on any atom is 0.317 e. The van der Waals surface area contributed by atoms with Crippen molar-refractivity contribution in [3.05, 3.63) is 42.1 Å². The van der Waals surface area contributed by atoms with E-state index in [4.69, 9.17) is 4.74 Å². The molecule has 0 saturated heterocycles. The fraction of sp³-hybridized carbons (Fsp3) is 0.375. The molecule has 112 valence electrons. The number of hydrogen-bond donors (Lipinski definition) is 2. The lowest BCUT2D eigenvalue weighted by molar-refractivity contribution is -0.152. The van der Waals surface area contributed by atoms with Crippen molar-refractivity contribution in [2.24, 2.45) is 11.8 Å². The molecule has 0 aliphatic heterocycles. The average molecular weight is 288 g/mol. The molecule has 5 nitrogen and oxygen atoms in total. The minimum atomic E-state index is -0.688. The van der Waals surface area contributed by atoms with Crippen LogP contribution in [-0.4, -0.2) is 18.4 Å². The molecule has 0 fully saturated rings. The Morgan fingerprint density at radius 3 is 2.62 bits per heavy atom. The van der Waals surface area contributed by atoms with Gasteiger partial charge in [0.25, 0.3) is 0 Å². The summed E-state index contributed by atoms with van der Waals surface area (Å²) in [6.45, 7) is 3.92. The molecule has 0 amide bonds. The first-order valence-electron chi connectivity index (χ1n) is 7.10. The number of hydrazine groups is 1. The van der Waals surface area contributed by atoms with Crippen molar-refractivity contribution in [1.82, 2.24) is 5.43 Å². The number of para-hydroxylation sites is 1. The summed E-state index contributed by atoms with van der Waals surface area (Å²) in [5.74, 6) is -1.40. The third-order valence-corrected chi connectivity index (χ3v) is 3.42. The molecule has 0 spiro atoms. The van der Waals surface area contributed by atoms with Crippen LogP contribution < -0.4 is 10.9 Å². The highest BCUT2D eigenvalue weighted by atomic mass is 16.5. The van der Waals surface area contributed by atoms with Crippen LogP contribution in [0.25, 0.3) is 0 Å². The highest BCUT2D eigenvalue weighted by molar-refractivity contribution is 6.06. The van der Waals surface area contributed by atoms with E-state index < -0.39 is 11.9 Å². The first-order chi connectivity index (χ1) is 10.1. The van der Waals surface area contributed by atoms with E-state index in [-0.39, 0.29) is 11.7 Å². The zero-order valence-corrected chi connectivity index (χ0v) is 12.3. The molecule has 2 rings (SSSR count). The van der Waals surface area contributed by atoms with Gasteiger partial charge >= 0.3 is 5.97 Å². The van der Waals surface area contributed by atoms with Crippen molar-refractivity contribution >= 4 is 17.4 Å². The smallest absolute Gasteiger partial charge is 0.317 e. The Kier molecular flexibility index (Phi) is 4.98. The van der Waals surface area contributed by atoms with Gasteiger partial charge in [0.2, 0.25) is 0 Å². The van der Waals surface area contributed by atoms with Crippen molar-refractivity contribution in [2.45, 2.75) is 20.3 Å². The summed E-state index contributed by atoms with van der Waals surface area (Å²) in [6.07, 6.45) is 2.10. The predicted octanol–water partition coefficient (Wildman–Crippen LogP) is 2.28. The SMILES string of the molecule is CCOC(=O)[C@@H]1C(=O)C=C(NNc2ccccc2)C[C@H]1C. The van der Waals surface area contributed by atoms with Crippen LogP contribution in [0.5, 0.6) is 0 Å². The molecule has 1 aromatic rings. The standard InChI is InChI=1S/C16H20N2O3/c1-3-21-16(20)15-11(2)9-13(10-14(15)19)18-17-12-7-5-4-6-8-12/h4-8,10-11,15,17-18H,3,9H2,1-2H3/t11-,15+/m1/s1. The first-order valence-corrected chi connectivity index (χ1v) is 7.10. The van der Waals surface area contributed by atoms with Crippen LogP contribution in [0.1, 0.15) is 20.3 Å². The normalized spacial score (nSPS) is 21.4. The topological polar surface area (TPSA) is 67.4 Å². The van der Waals surface area contributed by atoms with Crippen molar-refractivity contribution in [2.75, 3.05) is 12.0 Å². The second kappa shape index (κ2) is 6.92. The first kappa shape index (κ1) is 15.1. The molecular formula is C16H20N2O3. The van der Waals surface area contributed by atoms with Gasteiger partial charge in [-0.2, -0.15) is 0 Å². The molecule has 0 radical (unpaired) electrons. The number of carbonyl (C=O) groups excluding carboxylic acids is 2. The highest BCUT2D eigenvalue weighted by Crippen LogP contribution is 2.27. The molecule has 0 aromatic heterocycles. The second-order valence-electron chi connectivity index (χ2n) is 5.10. The molecule has 5 heteroatoms. The lowest BCUT2D eigenvalue weighted by atomic mass is 9.82. The summed E-state index contributed by atoms with van der Waals surface area (Å²) >= 11 is 0. The number of anilines is 1. The van der Waals surface area contributed by atoms with E-state index in [9.17, 15) is 9.59 Å². The van der Waals surface area contributed by atoms with Crippen LogP contribution in [-0.2, 0) is 14.3 Å². The largest absolute Gasteiger partial charge is 0.465 e. The molecule has 0 heterocycles. The quantitative estimate of drug-likeness (QED) is 0.494. The van der Waals surface area contributed by atoms with E-state index in [0.29, 0.717) is 13.0 Å². The number of rotatable bonds is 5. The summed E-state index contributed by atoms with van der Waals surface area (Å²) in [5.41, 5.74) is 7.75. The van der Waals surface area contributed by atoms with Gasteiger partial charge in [-0.05, 0) is 31.4 Å². The van der Waals surface area contributed by atoms with Gasteiger partial charge in [-0.25, -0.2) is 0 Å². The average Bonchev–Trinajstić information content (AvgIpc) is 2.46. The summed E-state index contributed by atoms with van der Waals surface area (Å²) in [5, 5.41) is 0. The fourth-order valence-electron chi connectivity index (χ4n) is 2.41. The number of hydrogen-bond acceptors (Lipinski definition) is 5. The van der Waals surface area contributed by atoms with Crippen molar-refractivity contribution in [1.29, 1.82) is 0 Å². The van der Waals surface area contributed by atoms with E-state index in [1.54, 1.807) is 6.92 Å². The highest BCUT2D eigenvalue weighted by Gasteiger charge is 2.36. The monoisotopic (exact) mass is 288 g/mol. The third kappa shape index (κ3) is 3.84. The number of allylic oxidation sites excluding steroid dienone is 2. The zero-order valence-electron chi connectivity index (χ0n) is 12.3. The molecule has 21 heavy (non-hydrogen) atoms. The summed E-state index contributed by atoms with van der Waals surface area (Å²) in [7, 11) is 0. The Hall–Kier alpha value is -2.30. The maximum atomic E-state index is 12.1. The maximum absolute atomic E-state index is 12.1. The Morgan fingerprint density at radius 1 is 1.29 bits per heavy atom. The molecule has 0 saturated carbocycles. The Labute approximate surface area is 124 Å². The van der Waals surface area contributed by atoms with Crippen LogP contribution in [0.15, 0.2) is 42.1 Å². The van der Waals surface area contributed by atoms with E-state index in [1.165, 1.54) is 6.08 Å². The number of ether oxygens (including phenoxy) is 1. The fourth-order valence-corrected chi connectivity index (χ4v) is 2.41. The van der Waals surface area contributed by atoms with Crippen LogP contribution in [0.3, 0.4) is 0 Å². The molecule has 0 bridgehead atoms. The number of carbonyl (C=O) groups is 2. The minimum Gasteiger partial charge on any atom is -0.465 e. The molecule has 2 atom stereocenters. The van der Waals surface area contributed by atoms with Crippen LogP contribution in [0.2, 0.25) is 0 Å². The molecule has 0 unspecified atom stereocenters. The van der Waals surface area contributed by atoms with E-state index in [2.05, 4.69) is 10.9 Å². The lowest BCUT2D eigenvalue weighted by Crippen LogP contribution is -2.37. The van der Waals surface area contributed by atoms with Crippen LogP contribution in [0, 0.1) is 11.8 Å². The molecule has 1 aliphatic carbocycles. The number of benzene rings is 1. The lowest BCUT2D eigenvalue weighted by Gasteiger charge is -2.26. The van der Waals surface area contributed by atoms with Crippen LogP contribution >= 0.6 is 0 Å². The van der Waals surface area contributed by atoms with Gasteiger partial charge in [0.05, 0.1) is 12.3 Å². The molecule has 1 aromatic carbocycles. The van der Waals surface area contributed by atoms with Crippen molar-refractivity contribution < 1.29 is 14.3 Å². The van der Waals surface area contributed by atoms with Gasteiger partial charge in [-0.1, -0.05) is 25.1 Å². The van der Waals surface area contributed by atoms with Crippen molar-refractivity contribution in [3.63, 3.8) is 0 Å². The third-order valence-electron chi connectivity index (χ3n) is 3.42. The van der Waals surface area contributed by atoms with Gasteiger partial charge in [0.1, 0.15) is 5.92 Å². The van der Waals surface area contributed by atoms with Gasteiger partial charge in [-0.15, -0.1) is 0 Å². The molecular weight excluding hydrogens is 268 g/mol. The Balaban J connectivity index is 1.99. The van der Waals surface area contributed by atoms with Gasteiger partial charge in [0, 0.05) is 11.8 Å². The van der Waals surface area contributed by atoms with Gasteiger partial charge in [-0.3, -0.25) is 9.59 Å². The summed E-state index contributed by atoms with van der Waals surface area (Å²) < 4.78 is 4.96. The molecule has 1 aliphatic rings. The van der Waals surface area contributed by atoms with E-state index in [0.717, 1.165) is 11.4 Å². The Bertz CT molecular complexity index is 540. The number of ketones is 1. The number of nitrogens with one attached hydrogen (secondary N) is 2. The van der Waals surface area contributed by atoms with E-state index >= 15 is 0 Å². The molecule has 2 N–H and O–H groups in total. The minimum absolute atomic E-state index is 0.0818. The van der Waals surface area contributed by atoms with E-state index in [1.807, 2.05) is 37.3 Å². The summed E-state index contributed by atoms with van der Waals surface area (Å²) in [6, 6.07) is 9.61. The second-order valence-corrected chi connectivity index (χ2v) is 5.10. The van der Waals surface area contributed by atoms with Crippen LogP contribution in [0.4, 0.5) is 5.69 Å².